The van der Waals surface area contributed by atoms with Crippen LogP contribution in [0.3, 0.4) is 0 Å². The van der Waals surface area contributed by atoms with Gasteiger partial charge in [-0.15, -0.1) is 10.2 Å². The van der Waals surface area contributed by atoms with E-state index in [4.69, 9.17) is 4.74 Å². The van der Waals surface area contributed by atoms with Crippen LogP contribution < -0.4 is 10.1 Å². The summed E-state index contributed by atoms with van der Waals surface area (Å²) in [4.78, 5) is 25.0. The second-order valence-corrected chi connectivity index (χ2v) is 8.38. The Morgan fingerprint density at radius 2 is 1.93 bits per heavy atom. The minimum atomic E-state index is -0.245. The Hall–Kier alpha value is -2.71. The molecular weight excluding hydrogens is 406 g/mol. The summed E-state index contributed by atoms with van der Waals surface area (Å²) >= 11 is 2.56. The second kappa shape index (κ2) is 10.2. The van der Waals surface area contributed by atoms with Crippen LogP contribution in [-0.4, -0.2) is 34.8 Å². The van der Waals surface area contributed by atoms with Gasteiger partial charge in [0.2, 0.25) is 11.0 Å². The molecule has 1 N–H and O–H groups in total. The Morgan fingerprint density at radius 3 is 2.66 bits per heavy atom. The molecule has 0 aliphatic heterocycles. The maximum absolute atomic E-state index is 12.6. The van der Waals surface area contributed by atoms with Crippen LogP contribution in [0.1, 0.15) is 35.2 Å². The van der Waals surface area contributed by atoms with Gasteiger partial charge in [0.15, 0.2) is 10.1 Å². The minimum Gasteiger partial charge on any atom is -0.497 e. The first kappa shape index (κ1) is 21.0. The van der Waals surface area contributed by atoms with Crippen molar-refractivity contribution >= 4 is 39.9 Å². The Bertz CT molecular complexity index is 976. The van der Waals surface area contributed by atoms with E-state index in [2.05, 4.69) is 15.5 Å². The van der Waals surface area contributed by atoms with Crippen molar-refractivity contribution in [3.63, 3.8) is 0 Å². The molecule has 0 fully saturated rings. The van der Waals surface area contributed by atoms with Crippen LogP contribution in [0.4, 0.5) is 5.13 Å². The van der Waals surface area contributed by atoms with Gasteiger partial charge in [-0.2, -0.15) is 0 Å². The zero-order valence-corrected chi connectivity index (χ0v) is 17.8. The Labute approximate surface area is 177 Å². The number of nitrogens with one attached hydrogen (secondary N) is 1. The van der Waals surface area contributed by atoms with E-state index in [9.17, 15) is 9.59 Å². The maximum Gasteiger partial charge on any atom is 0.233 e. The molecule has 1 unspecified atom stereocenters. The highest BCUT2D eigenvalue weighted by Gasteiger charge is 2.20. The molecule has 150 valence electrons. The molecule has 6 nitrogen and oxygen atoms in total. The SMILES string of the molecule is CCC(C(=O)Nc1nnc(SCC(=O)c2cccc(OC)c2)s1)c1ccccc1. The van der Waals surface area contributed by atoms with E-state index in [-0.39, 0.29) is 23.4 Å². The lowest BCUT2D eigenvalue weighted by atomic mass is 9.96. The number of hydrogen-bond donors (Lipinski definition) is 1. The Balaban J connectivity index is 1.57. The molecule has 1 heterocycles. The molecule has 1 amide bonds. The first-order valence-corrected chi connectivity index (χ1v) is 10.9. The lowest BCUT2D eigenvalue weighted by molar-refractivity contribution is -0.117. The van der Waals surface area contributed by atoms with Gasteiger partial charge in [0.1, 0.15) is 5.75 Å². The molecule has 0 saturated carbocycles. The number of nitrogens with zero attached hydrogens (tertiary/aromatic N) is 2. The van der Waals surface area contributed by atoms with Crippen LogP contribution >= 0.6 is 23.1 Å². The number of rotatable bonds is 9. The third-order valence-corrected chi connectivity index (χ3v) is 6.25. The van der Waals surface area contributed by atoms with Crippen molar-refractivity contribution in [3.05, 3.63) is 65.7 Å². The largest absolute Gasteiger partial charge is 0.497 e. The Kier molecular flexibility index (Phi) is 7.37. The average Bonchev–Trinajstić information content (AvgIpc) is 3.20. The molecule has 0 aliphatic carbocycles. The van der Waals surface area contributed by atoms with E-state index in [1.54, 1.807) is 31.4 Å². The molecule has 0 saturated heterocycles. The fourth-order valence-electron chi connectivity index (χ4n) is 2.78. The van der Waals surface area contributed by atoms with E-state index >= 15 is 0 Å². The summed E-state index contributed by atoms with van der Waals surface area (Å²) in [5, 5.41) is 11.4. The molecule has 0 aliphatic rings. The first-order valence-electron chi connectivity index (χ1n) is 9.10. The van der Waals surface area contributed by atoms with E-state index in [1.165, 1.54) is 23.1 Å². The fourth-order valence-corrected chi connectivity index (χ4v) is 4.43. The molecular formula is C21H21N3O3S2. The number of anilines is 1. The molecule has 3 rings (SSSR count). The predicted octanol–water partition coefficient (Wildman–Crippen LogP) is 4.65. The molecule has 3 aromatic rings. The van der Waals surface area contributed by atoms with Crippen molar-refractivity contribution in [2.45, 2.75) is 23.6 Å². The summed E-state index contributed by atoms with van der Waals surface area (Å²) in [7, 11) is 1.57. The van der Waals surface area contributed by atoms with E-state index in [0.717, 1.165) is 5.56 Å². The van der Waals surface area contributed by atoms with Crippen molar-refractivity contribution in [3.8, 4) is 5.75 Å². The minimum absolute atomic E-state index is 0.0233. The lowest BCUT2D eigenvalue weighted by Crippen LogP contribution is -2.20. The summed E-state index contributed by atoms with van der Waals surface area (Å²) in [6, 6.07) is 16.7. The quantitative estimate of drug-likeness (QED) is 0.304. The monoisotopic (exact) mass is 427 g/mol. The van der Waals surface area contributed by atoms with Gasteiger partial charge in [0.25, 0.3) is 0 Å². The van der Waals surface area contributed by atoms with Gasteiger partial charge in [-0.1, -0.05) is 72.5 Å². The van der Waals surface area contributed by atoms with Crippen LogP contribution in [-0.2, 0) is 4.79 Å². The molecule has 0 radical (unpaired) electrons. The van der Waals surface area contributed by atoms with Gasteiger partial charge in [-0.3, -0.25) is 14.9 Å². The topological polar surface area (TPSA) is 81.2 Å². The number of thioether (sulfide) groups is 1. The third kappa shape index (κ3) is 5.65. The zero-order valence-electron chi connectivity index (χ0n) is 16.1. The fraction of sp³-hybridized carbons (Fsp3) is 0.238. The average molecular weight is 428 g/mol. The number of ether oxygens (including phenoxy) is 1. The normalized spacial score (nSPS) is 11.7. The summed E-state index contributed by atoms with van der Waals surface area (Å²) in [6.07, 6.45) is 0.686. The van der Waals surface area contributed by atoms with E-state index in [0.29, 0.717) is 27.2 Å². The molecule has 29 heavy (non-hydrogen) atoms. The molecule has 1 aromatic heterocycles. The molecule has 1 atom stereocenters. The van der Waals surface area contributed by atoms with Crippen molar-refractivity contribution in [2.75, 3.05) is 18.2 Å². The molecule has 2 aromatic carbocycles. The van der Waals surface area contributed by atoms with Gasteiger partial charge in [-0.25, -0.2) is 0 Å². The third-order valence-electron chi connectivity index (χ3n) is 4.28. The summed E-state index contributed by atoms with van der Waals surface area (Å²) < 4.78 is 5.78. The molecule has 0 bridgehead atoms. The van der Waals surface area contributed by atoms with E-state index < -0.39 is 0 Å². The number of carbonyl (C=O) groups excluding carboxylic acids is 2. The number of Topliss-reactive ketones (excluding diaryl/α,β-unsaturated/α-hetero) is 1. The number of ketones is 1. The van der Waals surface area contributed by atoms with Crippen LogP contribution in [0.5, 0.6) is 5.75 Å². The van der Waals surface area contributed by atoms with Crippen LogP contribution in [0, 0.1) is 0 Å². The van der Waals surface area contributed by atoms with E-state index in [1.807, 2.05) is 37.3 Å². The van der Waals surface area contributed by atoms with Crippen molar-refractivity contribution < 1.29 is 14.3 Å². The van der Waals surface area contributed by atoms with Gasteiger partial charge in [0.05, 0.1) is 18.8 Å². The van der Waals surface area contributed by atoms with Gasteiger partial charge >= 0.3 is 0 Å². The predicted molar refractivity (Wildman–Crippen MR) is 116 cm³/mol. The van der Waals surface area contributed by atoms with Crippen LogP contribution in [0.25, 0.3) is 0 Å². The number of benzene rings is 2. The number of carbonyl (C=O) groups is 2. The smallest absolute Gasteiger partial charge is 0.233 e. The van der Waals surface area contributed by atoms with Crippen molar-refractivity contribution in [1.82, 2.24) is 10.2 Å². The Morgan fingerprint density at radius 1 is 1.14 bits per heavy atom. The van der Waals surface area contributed by atoms with Crippen molar-refractivity contribution in [1.29, 1.82) is 0 Å². The van der Waals surface area contributed by atoms with Gasteiger partial charge < -0.3 is 4.74 Å². The van der Waals surface area contributed by atoms with Crippen LogP contribution in [0.15, 0.2) is 58.9 Å². The van der Waals surface area contributed by atoms with Crippen molar-refractivity contribution in [2.24, 2.45) is 0 Å². The zero-order chi connectivity index (χ0) is 20.6. The van der Waals surface area contributed by atoms with Gasteiger partial charge in [0, 0.05) is 5.56 Å². The highest BCUT2D eigenvalue weighted by Crippen LogP contribution is 2.28. The molecule has 0 spiro atoms. The highest BCUT2D eigenvalue weighted by atomic mass is 32.2. The lowest BCUT2D eigenvalue weighted by Gasteiger charge is -2.13. The number of aromatic nitrogens is 2. The second-order valence-electron chi connectivity index (χ2n) is 6.18. The maximum atomic E-state index is 12.6. The molecule has 8 heteroatoms. The summed E-state index contributed by atoms with van der Waals surface area (Å²) in [6.45, 7) is 1.98. The van der Waals surface area contributed by atoms with Gasteiger partial charge in [-0.05, 0) is 24.1 Å². The number of methoxy groups -OCH3 is 1. The first-order chi connectivity index (χ1) is 14.1. The summed E-state index contributed by atoms with van der Waals surface area (Å²) in [5.74, 6) is 0.498. The highest BCUT2D eigenvalue weighted by molar-refractivity contribution is 8.01. The summed E-state index contributed by atoms with van der Waals surface area (Å²) in [5.41, 5.74) is 1.55. The van der Waals surface area contributed by atoms with Crippen LogP contribution in [0.2, 0.25) is 0 Å². The standard InChI is InChI=1S/C21H21N3O3S2/c1-3-17(14-8-5-4-6-9-14)19(26)22-20-23-24-21(29-20)28-13-18(25)15-10-7-11-16(12-15)27-2/h4-12,17H,3,13H2,1-2H3,(H,22,23,26). The number of amides is 1. The number of hydrogen-bond acceptors (Lipinski definition) is 7.